The molecule has 90 valence electrons. The first-order chi connectivity index (χ1) is 7.67. The van der Waals surface area contributed by atoms with E-state index < -0.39 is 0 Å². The lowest BCUT2D eigenvalue weighted by Gasteiger charge is -2.33. The van der Waals surface area contributed by atoms with Gasteiger partial charge in [-0.05, 0) is 18.4 Å². The number of rotatable bonds is 2. The van der Waals surface area contributed by atoms with E-state index in [1.54, 1.807) is 14.0 Å². The third kappa shape index (κ3) is 2.13. The topological polar surface area (TPSA) is 47.6 Å². The van der Waals surface area contributed by atoms with Gasteiger partial charge in [0.1, 0.15) is 0 Å². The summed E-state index contributed by atoms with van der Waals surface area (Å²) >= 11 is 0. The normalized spacial score (nSPS) is 23.5. The molecule has 1 saturated carbocycles. The van der Waals surface area contributed by atoms with Crippen LogP contribution in [-0.2, 0) is 14.3 Å². The van der Waals surface area contributed by atoms with Crippen LogP contribution < -0.4 is 5.32 Å². The average Bonchev–Trinajstić information content (AvgIpc) is 2.70. The van der Waals surface area contributed by atoms with Crippen LogP contribution in [0.25, 0.3) is 0 Å². The van der Waals surface area contributed by atoms with Crippen molar-refractivity contribution in [2.24, 2.45) is 0 Å². The summed E-state index contributed by atoms with van der Waals surface area (Å²) in [5.41, 5.74) is 1.98. The Hall–Kier alpha value is -0.870. The lowest BCUT2D eigenvalue weighted by Crippen LogP contribution is -2.34. The van der Waals surface area contributed by atoms with Crippen molar-refractivity contribution in [3.63, 3.8) is 0 Å². The van der Waals surface area contributed by atoms with Gasteiger partial charge in [0.05, 0.1) is 18.9 Å². The summed E-state index contributed by atoms with van der Waals surface area (Å²) in [6.07, 6.45) is 3.49. The molecular weight excluding hydrogens is 206 g/mol. The van der Waals surface area contributed by atoms with Gasteiger partial charge in [-0.15, -0.1) is 0 Å². The van der Waals surface area contributed by atoms with Crippen molar-refractivity contribution < 1.29 is 14.3 Å². The Morgan fingerprint density at radius 2 is 1.81 bits per heavy atom. The summed E-state index contributed by atoms with van der Waals surface area (Å²) in [5, 5.41) is 3.00. The molecule has 1 heterocycles. The molecule has 2 aliphatic rings. The maximum atomic E-state index is 11.4. The van der Waals surface area contributed by atoms with Crippen LogP contribution >= 0.6 is 0 Å². The Bertz CT molecular complexity index is 304. The number of ketones is 1. The van der Waals surface area contributed by atoms with Crippen molar-refractivity contribution in [2.45, 2.75) is 38.4 Å². The largest absolute Gasteiger partial charge is 0.385 e. The zero-order valence-corrected chi connectivity index (χ0v) is 9.97. The molecule has 1 N–H and O–H groups in total. The zero-order chi connectivity index (χ0) is 11.6. The van der Waals surface area contributed by atoms with Gasteiger partial charge in [-0.25, -0.2) is 0 Å². The predicted octanol–water partition coefficient (Wildman–Crippen LogP) is 1.37. The Kier molecular flexibility index (Phi) is 3.30. The fourth-order valence-corrected chi connectivity index (χ4v) is 2.57. The summed E-state index contributed by atoms with van der Waals surface area (Å²) in [7, 11) is 1.80. The number of ether oxygens (including phenoxy) is 2. The molecule has 1 aliphatic carbocycles. The third-order valence-corrected chi connectivity index (χ3v) is 3.38. The highest BCUT2D eigenvalue weighted by atomic mass is 16.7. The minimum absolute atomic E-state index is 0.113. The SMILES string of the molecule is CNC(C(C)=O)=C1CCC2(CC1)OCCO2. The van der Waals surface area contributed by atoms with Gasteiger partial charge in [0.15, 0.2) is 11.6 Å². The van der Waals surface area contributed by atoms with E-state index in [-0.39, 0.29) is 11.6 Å². The van der Waals surface area contributed by atoms with Crippen LogP contribution in [0, 0.1) is 0 Å². The predicted molar refractivity (Wildman–Crippen MR) is 59.9 cm³/mol. The van der Waals surface area contributed by atoms with Crippen LogP contribution in [0.3, 0.4) is 0 Å². The van der Waals surface area contributed by atoms with Crippen molar-refractivity contribution in [1.82, 2.24) is 5.32 Å². The summed E-state index contributed by atoms with van der Waals surface area (Å²) in [4.78, 5) is 11.4. The molecule has 0 aromatic heterocycles. The molecular formula is C12H19NO3. The van der Waals surface area contributed by atoms with E-state index in [9.17, 15) is 4.79 Å². The number of carbonyl (C=O) groups excluding carboxylic acids is 1. The highest BCUT2D eigenvalue weighted by Crippen LogP contribution is 2.38. The molecule has 0 bridgehead atoms. The Morgan fingerprint density at radius 3 is 2.25 bits per heavy atom. The van der Waals surface area contributed by atoms with Gasteiger partial charge in [0, 0.05) is 26.8 Å². The average molecular weight is 225 g/mol. The maximum absolute atomic E-state index is 11.4. The van der Waals surface area contributed by atoms with E-state index in [4.69, 9.17) is 9.47 Å². The van der Waals surface area contributed by atoms with Crippen LogP contribution in [-0.4, -0.2) is 31.8 Å². The first-order valence-electron chi connectivity index (χ1n) is 5.85. The molecule has 0 atom stereocenters. The number of allylic oxidation sites excluding steroid dienone is 2. The Morgan fingerprint density at radius 1 is 1.25 bits per heavy atom. The summed E-state index contributed by atoms with van der Waals surface area (Å²) in [6, 6.07) is 0. The van der Waals surface area contributed by atoms with Crippen molar-refractivity contribution in [1.29, 1.82) is 0 Å². The quantitative estimate of drug-likeness (QED) is 0.721. The van der Waals surface area contributed by atoms with E-state index in [0.29, 0.717) is 13.2 Å². The molecule has 0 amide bonds. The second-order valence-corrected chi connectivity index (χ2v) is 4.39. The van der Waals surface area contributed by atoms with E-state index >= 15 is 0 Å². The fraction of sp³-hybridized carbons (Fsp3) is 0.750. The molecule has 4 nitrogen and oxygen atoms in total. The minimum Gasteiger partial charge on any atom is -0.385 e. The molecule has 1 spiro atoms. The highest BCUT2D eigenvalue weighted by molar-refractivity contribution is 5.93. The molecule has 0 unspecified atom stereocenters. The van der Waals surface area contributed by atoms with Crippen LogP contribution in [0.15, 0.2) is 11.3 Å². The molecule has 1 saturated heterocycles. The number of nitrogens with one attached hydrogen (secondary N) is 1. The molecule has 0 aromatic rings. The summed E-state index contributed by atoms with van der Waals surface area (Å²) in [5.74, 6) is -0.235. The molecule has 16 heavy (non-hydrogen) atoms. The van der Waals surface area contributed by atoms with Crippen molar-refractivity contribution in [2.75, 3.05) is 20.3 Å². The second-order valence-electron chi connectivity index (χ2n) is 4.39. The Balaban J connectivity index is 2.06. The monoisotopic (exact) mass is 225 g/mol. The van der Waals surface area contributed by atoms with Gasteiger partial charge < -0.3 is 14.8 Å². The van der Waals surface area contributed by atoms with Crippen LogP contribution in [0.1, 0.15) is 32.6 Å². The van der Waals surface area contributed by atoms with Crippen molar-refractivity contribution >= 4 is 5.78 Å². The fourth-order valence-electron chi connectivity index (χ4n) is 2.57. The van der Waals surface area contributed by atoms with Crippen molar-refractivity contribution in [3.05, 3.63) is 11.3 Å². The Labute approximate surface area is 96.0 Å². The van der Waals surface area contributed by atoms with Gasteiger partial charge in [-0.2, -0.15) is 0 Å². The first-order valence-corrected chi connectivity index (χ1v) is 5.85. The van der Waals surface area contributed by atoms with Crippen LogP contribution in [0.5, 0.6) is 0 Å². The smallest absolute Gasteiger partial charge is 0.175 e. The molecule has 0 aromatic carbocycles. The number of likely N-dealkylation sites (N-methyl/N-ethyl adjacent to an activating group) is 1. The lowest BCUT2D eigenvalue weighted by atomic mass is 9.88. The number of Topliss-reactive ketones (excluding diaryl/α,β-unsaturated/α-hetero) is 1. The zero-order valence-electron chi connectivity index (χ0n) is 9.97. The van der Waals surface area contributed by atoms with Gasteiger partial charge in [-0.1, -0.05) is 0 Å². The van der Waals surface area contributed by atoms with E-state index in [0.717, 1.165) is 31.4 Å². The van der Waals surface area contributed by atoms with Gasteiger partial charge in [-0.3, -0.25) is 4.79 Å². The van der Waals surface area contributed by atoms with E-state index in [1.165, 1.54) is 5.57 Å². The number of carbonyl (C=O) groups is 1. The molecule has 1 aliphatic heterocycles. The molecule has 4 heteroatoms. The standard InChI is InChI=1S/C12H19NO3/c1-9(14)11(13-2)10-3-5-12(6-4-10)15-7-8-16-12/h13H,3-8H2,1-2H3. The summed E-state index contributed by atoms with van der Waals surface area (Å²) in [6.45, 7) is 3.00. The molecule has 2 fully saturated rings. The van der Waals surface area contributed by atoms with Crippen molar-refractivity contribution in [3.8, 4) is 0 Å². The minimum atomic E-state index is -0.348. The number of hydrogen-bond acceptors (Lipinski definition) is 4. The molecule has 2 rings (SSSR count). The van der Waals surface area contributed by atoms with Gasteiger partial charge in [0.2, 0.25) is 0 Å². The van der Waals surface area contributed by atoms with Gasteiger partial charge in [0.25, 0.3) is 0 Å². The lowest BCUT2D eigenvalue weighted by molar-refractivity contribution is -0.171. The second kappa shape index (κ2) is 4.55. The van der Waals surface area contributed by atoms with Gasteiger partial charge >= 0.3 is 0 Å². The highest BCUT2D eigenvalue weighted by Gasteiger charge is 2.39. The molecule has 0 radical (unpaired) electrons. The third-order valence-electron chi connectivity index (χ3n) is 3.38. The number of hydrogen-bond donors (Lipinski definition) is 1. The van der Waals surface area contributed by atoms with E-state index in [2.05, 4.69) is 5.32 Å². The van der Waals surface area contributed by atoms with Crippen LogP contribution in [0.2, 0.25) is 0 Å². The van der Waals surface area contributed by atoms with Crippen LogP contribution in [0.4, 0.5) is 0 Å². The maximum Gasteiger partial charge on any atom is 0.175 e. The summed E-state index contributed by atoms with van der Waals surface area (Å²) < 4.78 is 11.3. The van der Waals surface area contributed by atoms with E-state index in [1.807, 2.05) is 0 Å². The first kappa shape index (κ1) is 11.6.